The van der Waals surface area contributed by atoms with Gasteiger partial charge in [-0.05, 0) is 44.9 Å². The monoisotopic (exact) mass is 227 g/mol. The largest absolute Gasteiger partial charge is 0.444 e. The average Bonchev–Trinajstić information content (AvgIpc) is 2.86. The van der Waals surface area contributed by atoms with E-state index >= 15 is 0 Å². The summed E-state index contributed by atoms with van der Waals surface area (Å²) in [6.45, 7) is 7.43. The van der Waals surface area contributed by atoms with Gasteiger partial charge in [-0.3, -0.25) is 0 Å². The second-order valence-corrected chi connectivity index (χ2v) is 5.89. The lowest BCUT2D eigenvalue weighted by atomic mass is 10.1. The molecule has 3 atom stereocenters. The van der Waals surface area contributed by atoms with E-state index < -0.39 is 5.60 Å². The molecule has 0 aromatic carbocycles. The fourth-order valence-corrected chi connectivity index (χ4v) is 2.64. The van der Waals surface area contributed by atoms with E-state index in [9.17, 15) is 4.79 Å². The Bertz CT molecular complexity index is 280. The van der Waals surface area contributed by atoms with Gasteiger partial charge in [-0.15, -0.1) is 0 Å². The van der Waals surface area contributed by atoms with Crippen molar-refractivity contribution in [2.24, 2.45) is 17.8 Å². The number of nitrogens with zero attached hydrogens (tertiary/aromatic N) is 1. The van der Waals surface area contributed by atoms with E-state index in [0.717, 1.165) is 19.5 Å². The fraction of sp³-hybridized carbons (Fsp3) is 0.917. The third-order valence-corrected chi connectivity index (χ3v) is 3.54. The average molecular weight is 227 g/mol. The first kappa shape index (κ1) is 11.7. The van der Waals surface area contributed by atoms with Crippen LogP contribution in [0.2, 0.25) is 0 Å². The molecular weight excluding hydrogens is 206 g/mol. The number of rotatable bonds is 1. The van der Waals surface area contributed by atoms with E-state index in [-0.39, 0.29) is 12.7 Å². The molecule has 1 aliphatic heterocycles. The van der Waals surface area contributed by atoms with E-state index in [1.807, 2.05) is 20.8 Å². The molecule has 2 aliphatic rings. The zero-order valence-electron chi connectivity index (χ0n) is 10.3. The van der Waals surface area contributed by atoms with Crippen molar-refractivity contribution < 1.29 is 14.6 Å². The number of carbonyl (C=O) groups excluding carboxylic acids is 1. The summed E-state index contributed by atoms with van der Waals surface area (Å²) in [6.07, 6.45) is 0.796. The number of hydrogen-bond donors (Lipinski definition) is 1. The first-order valence-corrected chi connectivity index (χ1v) is 6.01. The first-order valence-electron chi connectivity index (χ1n) is 6.01. The number of hydrogen-bond acceptors (Lipinski definition) is 3. The van der Waals surface area contributed by atoms with Crippen molar-refractivity contribution in [2.45, 2.75) is 32.8 Å². The minimum atomic E-state index is -0.423. The summed E-state index contributed by atoms with van der Waals surface area (Å²) in [5.74, 6) is 1.57. The smallest absolute Gasteiger partial charge is 0.410 e. The van der Waals surface area contributed by atoms with Gasteiger partial charge in [0, 0.05) is 19.7 Å². The highest BCUT2D eigenvalue weighted by Crippen LogP contribution is 2.51. The maximum absolute atomic E-state index is 11.8. The van der Waals surface area contributed by atoms with E-state index in [0.29, 0.717) is 17.8 Å². The van der Waals surface area contributed by atoms with Crippen LogP contribution in [0.25, 0.3) is 0 Å². The summed E-state index contributed by atoms with van der Waals surface area (Å²) in [6, 6.07) is 0. The highest BCUT2D eigenvalue weighted by atomic mass is 16.6. The van der Waals surface area contributed by atoms with Gasteiger partial charge in [0.1, 0.15) is 5.60 Å². The zero-order valence-corrected chi connectivity index (χ0v) is 10.3. The summed E-state index contributed by atoms with van der Waals surface area (Å²) in [7, 11) is 0. The van der Waals surface area contributed by atoms with Gasteiger partial charge in [-0.2, -0.15) is 0 Å². The molecule has 0 bridgehead atoms. The van der Waals surface area contributed by atoms with E-state index in [1.165, 1.54) is 0 Å². The number of carbonyl (C=O) groups is 1. The lowest BCUT2D eigenvalue weighted by molar-refractivity contribution is 0.0206. The van der Waals surface area contributed by atoms with E-state index in [4.69, 9.17) is 9.84 Å². The molecule has 4 nitrogen and oxygen atoms in total. The van der Waals surface area contributed by atoms with Crippen LogP contribution >= 0.6 is 0 Å². The molecule has 0 aromatic rings. The predicted molar refractivity (Wildman–Crippen MR) is 60.0 cm³/mol. The van der Waals surface area contributed by atoms with Gasteiger partial charge in [0.05, 0.1) is 0 Å². The Labute approximate surface area is 96.6 Å². The molecule has 2 rings (SSSR count). The maximum atomic E-state index is 11.8. The van der Waals surface area contributed by atoms with Gasteiger partial charge in [0.15, 0.2) is 0 Å². The van der Waals surface area contributed by atoms with Gasteiger partial charge in [0.25, 0.3) is 0 Å². The van der Waals surface area contributed by atoms with Crippen LogP contribution in [-0.4, -0.2) is 41.4 Å². The highest BCUT2D eigenvalue weighted by molar-refractivity contribution is 5.68. The number of amides is 1. The summed E-state index contributed by atoms with van der Waals surface area (Å²) >= 11 is 0. The van der Waals surface area contributed by atoms with Crippen molar-refractivity contribution in [3.05, 3.63) is 0 Å². The molecule has 1 saturated carbocycles. The normalized spacial score (nSPS) is 33.2. The minimum Gasteiger partial charge on any atom is -0.444 e. The first-order chi connectivity index (χ1) is 7.42. The molecule has 1 aliphatic carbocycles. The number of fused-ring (bicyclic) bond motifs is 1. The molecular formula is C12H21NO3. The predicted octanol–water partition coefficient (Wildman–Crippen LogP) is 1.48. The molecule has 2 fully saturated rings. The SMILES string of the molecule is CC(C)(C)OC(=O)N1CCC2C(CO)C2C1. The Morgan fingerprint density at radius 2 is 2.12 bits per heavy atom. The second-order valence-electron chi connectivity index (χ2n) is 5.89. The molecule has 1 amide bonds. The van der Waals surface area contributed by atoms with Gasteiger partial charge < -0.3 is 14.7 Å². The summed E-state index contributed by atoms with van der Waals surface area (Å²) in [5.41, 5.74) is -0.423. The molecule has 0 radical (unpaired) electrons. The molecule has 1 heterocycles. The van der Waals surface area contributed by atoms with Crippen LogP contribution < -0.4 is 0 Å². The number of aliphatic hydroxyl groups is 1. The lowest BCUT2D eigenvalue weighted by Crippen LogP contribution is -2.40. The van der Waals surface area contributed by atoms with Gasteiger partial charge in [-0.1, -0.05) is 0 Å². The molecule has 4 heteroatoms. The number of likely N-dealkylation sites (tertiary alicyclic amines) is 1. The van der Waals surface area contributed by atoms with Crippen LogP contribution in [0.1, 0.15) is 27.2 Å². The fourth-order valence-electron chi connectivity index (χ4n) is 2.64. The van der Waals surface area contributed by atoms with Crippen LogP contribution in [0.15, 0.2) is 0 Å². The Morgan fingerprint density at radius 3 is 2.69 bits per heavy atom. The van der Waals surface area contributed by atoms with Crippen molar-refractivity contribution in [1.82, 2.24) is 4.90 Å². The van der Waals surface area contributed by atoms with Crippen LogP contribution in [0.5, 0.6) is 0 Å². The van der Waals surface area contributed by atoms with Gasteiger partial charge >= 0.3 is 6.09 Å². The van der Waals surface area contributed by atoms with Crippen molar-refractivity contribution in [2.75, 3.05) is 19.7 Å². The van der Waals surface area contributed by atoms with Crippen molar-refractivity contribution in [1.29, 1.82) is 0 Å². The summed E-state index contributed by atoms with van der Waals surface area (Å²) in [5, 5.41) is 9.11. The van der Waals surface area contributed by atoms with Crippen molar-refractivity contribution >= 4 is 6.09 Å². The zero-order chi connectivity index (χ0) is 11.9. The Balaban J connectivity index is 1.86. The Kier molecular flexibility index (Phi) is 2.86. The number of piperidine rings is 1. The number of aliphatic hydroxyl groups excluding tert-OH is 1. The van der Waals surface area contributed by atoms with Crippen molar-refractivity contribution in [3.63, 3.8) is 0 Å². The quantitative estimate of drug-likeness (QED) is 0.738. The molecule has 92 valence electrons. The van der Waals surface area contributed by atoms with Crippen molar-refractivity contribution in [3.8, 4) is 0 Å². The van der Waals surface area contributed by atoms with Crippen LogP contribution in [0.3, 0.4) is 0 Å². The second kappa shape index (κ2) is 3.91. The molecule has 0 aromatic heterocycles. The van der Waals surface area contributed by atoms with Crippen LogP contribution in [0, 0.1) is 17.8 Å². The topological polar surface area (TPSA) is 49.8 Å². The van der Waals surface area contributed by atoms with E-state index in [2.05, 4.69) is 0 Å². The Hall–Kier alpha value is -0.770. The molecule has 0 spiro atoms. The van der Waals surface area contributed by atoms with Crippen LogP contribution in [-0.2, 0) is 4.74 Å². The van der Waals surface area contributed by atoms with Gasteiger partial charge in [0.2, 0.25) is 0 Å². The van der Waals surface area contributed by atoms with Gasteiger partial charge in [-0.25, -0.2) is 4.79 Å². The third kappa shape index (κ3) is 2.32. The third-order valence-electron chi connectivity index (χ3n) is 3.54. The molecule has 16 heavy (non-hydrogen) atoms. The highest BCUT2D eigenvalue weighted by Gasteiger charge is 2.52. The molecule has 1 N–H and O–H groups in total. The Morgan fingerprint density at radius 1 is 1.44 bits per heavy atom. The van der Waals surface area contributed by atoms with Crippen LogP contribution in [0.4, 0.5) is 4.79 Å². The lowest BCUT2D eigenvalue weighted by Gasteiger charge is -2.29. The standard InChI is InChI=1S/C12H21NO3/c1-12(2,3)16-11(15)13-5-4-8-9(6-13)10(8)7-14/h8-10,14H,4-7H2,1-3H3. The summed E-state index contributed by atoms with van der Waals surface area (Å²) in [4.78, 5) is 13.6. The molecule has 3 unspecified atom stereocenters. The van der Waals surface area contributed by atoms with E-state index in [1.54, 1.807) is 4.90 Å². The molecule has 1 saturated heterocycles. The number of ether oxygens (including phenoxy) is 1. The minimum absolute atomic E-state index is 0.213. The summed E-state index contributed by atoms with van der Waals surface area (Å²) < 4.78 is 5.34. The maximum Gasteiger partial charge on any atom is 0.410 e.